The summed E-state index contributed by atoms with van der Waals surface area (Å²) >= 11 is 0. The fourth-order valence-electron chi connectivity index (χ4n) is 1.99. The zero-order chi connectivity index (χ0) is 14.8. The molecule has 5 heteroatoms. The van der Waals surface area contributed by atoms with Gasteiger partial charge < -0.3 is 14.5 Å². The molecule has 0 aliphatic carbocycles. The Bertz CT molecular complexity index is 410. The second-order valence-corrected chi connectivity index (χ2v) is 6.63. The summed E-state index contributed by atoms with van der Waals surface area (Å²) in [4.78, 5) is 18.0. The van der Waals surface area contributed by atoms with Crippen molar-refractivity contribution in [2.75, 3.05) is 6.61 Å². The predicted molar refractivity (Wildman–Crippen MR) is 80.8 cm³/mol. The van der Waals surface area contributed by atoms with E-state index in [1.165, 1.54) is 50.7 Å². The zero-order valence-corrected chi connectivity index (χ0v) is 13.0. The van der Waals surface area contributed by atoms with E-state index < -0.39 is 7.60 Å². The van der Waals surface area contributed by atoms with Gasteiger partial charge in [-0.25, -0.2) is 4.57 Å². The van der Waals surface area contributed by atoms with Crippen LogP contribution in [0.4, 0.5) is 0 Å². The second-order valence-electron chi connectivity index (χ2n) is 5.02. The Morgan fingerprint density at radius 1 is 1.05 bits per heavy atom. The van der Waals surface area contributed by atoms with Crippen LogP contribution in [0, 0.1) is 0 Å². The topological polar surface area (TPSA) is 72.3 Å². The Labute approximate surface area is 121 Å². The Kier molecular flexibility index (Phi) is 7.90. The fourth-order valence-corrected chi connectivity index (χ4v) is 2.53. The summed E-state index contributed by atoms with van der Waals surface area (Å²) in [6.07, 6.45) is 8.65. The molecule has 4 nitrogen and oxygen atoms in total. The summed E-state index contributed by atoms with van der Waals surface area (Å²) in [7, 11) is -4.14. The van der Waals surface area contributed by atoms with Crippen molar-refractivity contribution >= 4 is 12.9 Å². The maximum absolute atomic E-state index is 11.0. The Hall–Kier alpha value is -0.830. The monoisotopic (exact) mass is 300 g/mol. The van der Waals surface area contributed by atoms with Crippen LogP contribution in [-0.4, -0.2) is 11.5 Å². The number of hydrogen-bond acceptors (Lipinski definition) is 3. The van der Waals surface area contributed by atoms with Gasteiger partial charge in [0.05, 0.1) is 11.9 Å². The van der Waals surface area contributed by atoms with E-state index in [0.717, 1.165) is 6.42 Å². The molecule has 114 valence electrons. The van der Waals surface area contributed by atoms with E-state index in [0.29, 0.717) is 12.4 Å². The number of unbranched alkanes of at least 4 members (excludes halogenated alkanes) is 6. The molecule has 1 aromatic carbocycles. The van der Waals surface area contributed by atoms with Crippen LogP contribution in [0.5, 0.6) is 5.75 Å². The molecule has 2 N–H and O–H groups in total. The Morgan fingerprint density at radius 3 is 2.15 bits per heavy atom. The summed E-state index contributed by atoms with van der Waals surface area (Å²) in [5.74, 6) is 0.660. The molecule has 1 unspecified atom stereocenters. The lowest BCUT2D eigenvalue weighted by Gasteiger charge is -2.11. The van der Waals surface area contributed by atoms with Gasteiger partial charge in [0.15, 0.2) is 0 Å². The van der Waals surface area contributed by atoms with Gasteiger partial charge in [-0.15, -0.1) is 0 Å². The molecule has 1 atom stereocenters. The maximum atomic E-state index is 11.0. The van der Waals surface area contributed by atoms with Gasteiger partial charge in [-0.1, -0.05) is 45.4 Å². The molecule has 1 rings (SSSR count). The Balaban J connectivity index is 2.15. The highest BCUT2D eigenvalue weighted by Crippen LogP contribution is 2.28. The van der Waals surface area contributed by atoms with Crippen LogP contribution in [0.3, 0.4) is 0 Å². The smallest absolute Gasteiger partial charge is 0.308 e. The molecular formula is C15H25O4P. The van der Waals surface area contributed by atoms with Gasteiger partial charge in [0.1, 0.15) is 5.75 Å². The van der Waals surface area contributed by atoms with E-state index >= 15 is 0 Å². The van der Waals surface area contributed by atoms with Crippen LogP contribution in [0.25, 0.3) is 0 Å². The highest BCUT2D eigenvalue weighted by atomic mass is 31.2. The van der Waals surface area contributed by atoms with Crippen LogP contribution >= 0.6 is 7.60 Å². The van der Waals surface area contributed by atoms with Crippen LogP contribution in [0.2, 0.25) is 0 Å². The minimum absolute atomic E-state index is 0.0285. The molecule has 0 amide bonds. The van der Waals surface area contributed by atoms with E-state index in [2.05, 4.69) is 6.92 Å². The van der Waals surface area contributed by atoms with Crippen LogP contribution in [-0.2, 0) is 4.57 Å². The molecule has 20 heavy (non-hydrogen) atoms. The third kappa shape index (κ3) is 7.09. The average molecular weight is 300 g/mol. The first-order valence-electron chi connectivity index (χ1n) is 7.33. The molecular weight excluding hydrogens is 275 g/mol. The van der Waals surface area contributed by atoms with E-state index in [-0.39, 0.29) is 5.30 Å². The molecule has 0 radical (unpaired) electrons. The standard InChI is InChI=1S/C15H25O4P/c1-2-3-4-5-6-7-8-13-19-14-9-11-15(12-10-14)20(16,17)18/h9-12H,2-8,13H2,1H3,(H2,16,17,18). The largest absolute Gasteiger partial charge is 0.732 e. The SMILES string of the molecule is CCCCCCCCCOc1ccc(P(=O)([O-])[OH2+])cc1. The summed E-state index contributed by atoms with van der Waals surface area (Å²) in [6.45, 7) is 2.87. The minimum atomic E-state index is -4.14. The van der Waals surface area contributed by atoms with Crippen molar-refractivity contribution in [1.82, 2.24) is 0 Å². The lowest BCUT2D eigenvalue weighted by atomic mass is 10.1. The normalized spacial score (nSPS) is 13.9. The first-order valence-corrected chi connectivity index (χ1v) is 8.96. The van der Waals surface area contributed by atoms with E-state index in [1.807, 2.05) is 0 Å². The molecule has 0 saturated heterocycles. The predicted octanol–water partition coefficient (Wildman–Crippen LogP) is 2.72. The number of benzene rings is 1. The number of rotatable bonds is 10. The van der Waals surface area contributed by atoms with Gasteiger partial charge in [-0.2, -0.15) is 0 Å². The summed E-state index contributed by atoms with van der Waals surface area (Å²) in [5, 5.41) is 0.0285. The molecule has 0 spiro atoms. The minimum Gasteiger partial charge on any atom is -0.732 e. The lowest BCUT2D eigenvalue weighted by Crippen LogP contribution is -2.13. The van der Waals surface area contributed by atoms with Gasteiger partial charge >= 0.3 is 7.60 Å². The van der Waals surface area contributed by atoms with Crippen molar-refractivity contribution in [3.8, 4) is 5.75 Å². The fraction of sp³-hybridized carbons (Fsp3) is 0.600. The summed E-state index contributed by atoms with van der Waals surface area (Å²) < 4.78 is 16.6. The first-order chi connectivity index (χ1) is 9.54. The number of ether oxygens (including phenoxy) is 1. The zero-order valence-electron chi connectivity index (χ0n) is 12.1. The molecule has 0 aliphatic heterocycles. The van der Waals surface area contributed by atoms with Crippen molar-refractivity contribution in [1.29, 1.82) is 0 Å². The lowest BCUT2D eigenvalue weighted by molar-refractivity contribution is -0.188. The van der Waals surface area contributed by atoms with Gasteiger partial charge in [-0.3, -0.25) is 0 Å². The van der Waals surface area contributed by atoms with Crippen molar-refractivity contribution < 1.29 is 19.1 Å². The van der Waals surface area contributed by atoms with Gasteiger partial charge in [0.2, 0.25) is 0 Å². The molecule has 0 bridgehead atoms. The molecule has 0 aliphatic rings. The van der Waals surface area contributed by atoms with Gasteiger partial charge in [0, 0.05) is 0 Å². The molecule has 0 saturated carbocycles. The first kappa shape index (κ1) is 17.2. The van der Waals surface area contributed by atoms with Crippen molar-refractivity contribution in [3.63, 3.8) is 0 Å². The van der Waals surface area contributed by atoms with E-state index in [9.17, 15) is 9.46 Å². The Morgan fingerprint density at radius 2 is 1.60 bits per heavy atom. The van der Waals surface area contributed by atoms with Gasteiger partial charge in [-0.05, 0) is 30.7 Å². The van der Waals surface area contributed by atoms with Crippen LogP contribution < -0.4 is 14.9 Å². The summed E-state index contributed by atoms with van der Waals surface area (Å²) in [6, 6.07) is 6.05. The molecule has 0 heterocycles. The summed E-state index contributed by atoms with van der Waals surface area (Å²) in [5.41, 5.74) is 0. The van der Waals surface area contributed by atoms with Crippen LogP contribution in [0.1, 0.15) is 51.9 Å². The molecule has 1 aromatic rings. The van der Waals surface area contributed by atoms with Crippen molar-refractivity contribution in [2.45, 2.75) is 51.9 Å². The highest BCUT2D eigenvalue weighted by Gasteiger charge is 2.11. The van der Waals surface area contributed by atoms with Crippen LogP contribution in [0.15, 0.2) is 24.3 Å². The average Bonchev–Trinajstić information content (AvgIpc) is 2.41. The highest BCUT2D eigenvalue weighted by molar-refractivity contribution is 7.58. The third-order valence-corrected chi connectivity index (χ3v) is 4.17. The number of hydrogen-bond donors (Lipinski definition) is 0. The van der Waals surface area contributed by atoms with Crippen molar-refractivity contribution in [3.05, 3.63) is 24.3 Å². The van der Waals surface area contributed by atoms with E-state index in [1.54, 1.807) is 12.1 Å². The van der Waals surface area contributed by atoms with Gasteiger partial charge in [0.25, 0.3) is 0 Å². The quantitative estimate of drug-likeness (QED) is 0.379. The second kappa shape index (κ2) is 9.17. The molecule has 0 fully saturated rings. The van der Waals surface area contributed by atoms with Crippen molar-refractivity contribution in [2.24, 2.45) is 0 Å². The third-order valence-electron chi connectivity index (χ3n) is 3.19. The van der Waals surface area contributed by atoms with E-state index in [4.69, 9.17) is 9.63 Å². The maximum Gasteiger partial charge on any atom is 0.308 e. The molecule has 0 aromatic heterocycles.